The van der Waals surface area contributed by atoms with Crippen LogP contribution in [0.3, 0.4) is 0 Å². The largest absolute Gasteiger partial charge is 0.497 e. The second-order valence-electron chi connectivity index (χ2n) is 7.50. The molecule has 2 heterocycles. The molecule has 0 bridgehead atoms. The minimum atomic E-state index is -2.94. The number of hydrogen-bond donors (Lipinski definition) is 0. The maximum absolute atomic E-state index is 11.8. The lowest BCUT2D eigenvalue weighted by molar-refractivity contribution is 0.307. The van der Waals surface area contributed by atoms with E-state index >= 15 is 0 Å². The van der Waals surface area contributed by atoms with E-state index in [1.165, 1.54) is 0 Å². The molecule has 1 atom stereocenters. The highest BCUT2D eigenvalue weighted by atomic mass is 32.2. The number of aryl methyl sites for hydroxylation is 1. The van der Waals surface area contributed by atoms with Crippen molar-refractivity contribution < 1.29 is 17.9 Å². The first-order valence-electron chi connectivity index (χ1n) is 9.38. The van der Waals surface area contributed by atoms with Crippen LogP contribution in [0.4, 0.5) is 0 Å². The van der Waals surface area contributed by atoms with Crippen molar-refractivity contribution in [3.05, 3.63) is 40.7 Å². The van der Waals surface area contributed by atoms with E-state index in [4.69, 9.17) is 9.47 Å². The Bertz CT molecular complexity index is 953. The van der Waals surface area contributed by atoms with Gasteiger partial charge in [0.1, 0.15) is 11.5 Å². The van der Waals surface area contributed by atoms with Crippen molar-refractivity contribution in [1.29, 1.82) is 0 Å². The van der Waals surface area contributed by atoms with E-state index in [2.05, 4.69) is 17.0 Å². The van der Waals surface area contributed by atoms with Crippen LogP contribution in [0.15, 0.2) is 18.2 Å². The van der Waals surface area contributed by atoms with Crippen molar-refractivity contribution in [2.75, 3.05) is 32.8 Å². The second kappa shape index (κ2) is 8.13. The van der Waals surface area contributed by atoms with E-state index in [0.29, 0.717) is 13.0 Å². The van der Waals surface area contributed by atoms with E-state index in [1.54, 1.807) is 14.2 Å². The van der Waals surface area contributed by atoms with Crippen LogP contribution in [0.5, 0.6) is 11.5 Å². The molecule has 0 saturated carbocycles. The molecule has 0 radical (unpaired) electrons. The first-order chi connectivity index (χ1) is 13.2. The van der Waals surface area contributed by atoms with Crippen LogP contribution in [0.2, 0.25) is 0 Å². The van der Waals surface area contributed by atoms with Crippen molar-refractivity contribution in [3.63, 3.8) is 0 Å². The van der Waals surface area contributed by atoms with Crippen LogP contribution in [-0.2, 0) is 22.9 Å². The molecule has 154 valence electrons. The third kappa shape index (κ3) is 4.33. The summed E-state index contributed by atoms with van der Waals surface area (Å²) in [5, 5.41) is 4.66. The number of hydrogen-bond acceptors (Lipinski definition) is 6. The zero-order valence-electron chi connectivity index (χ0n) is 17.2. The zero-order chi connectivity index (χ0) is 20.5. The second-order valence-corrected chi connectivity index (χ2v) is 9.73. The molecule has 1 aromatic carbocycles. The van der Waals surface area contributed by atoms with Gasteiger partial charge in [0.25, 0.3) is 0 Å². The molecular formula is C20H29N3O4S. The standard InChI is InChI=1S/C20H29N3O4S/c1-14-19(15(2)23(21-14)17-8-9-28(24,25)13-17)12-22(3)11-16-10-18(26-4)6-7-20(16)27-5/h6-7,10,17H,8-9,11-13H2,1-5H3/t17-/m1/s1. The predicted molar refractivity (Wildman–Crippen MR) is 109 cm³/mol. The van der Waals surface area contributed by atoms with E-state index in [-0.39, 0.29) is 17.5 Å². The molecule has 0 spiro atoms. The monoisotopic (exact) mass is 407 g/mol. The minimum Gasteiger partial charge on any atom is -0.497 e. The number of benzene rings is 1. The fourth-order valence-corrected chi connectivity index (χ4v) is 5.56. The highest BCUT2D eigenvalue weighted by Gasteiger charge is 2.31. The van der Waals surface area contributed by atoms with Crippen molar-refractivity contribution in [3.8, 4) is 11.5 Å². The molecule has 1 aliphatic heterocycles. The Labute approximate surface area is 167 Å². The fourth-order valence-electron chi connectivity index (χ4n) is 3.87. The molecule has 0 unspecified atom stereocenters. The Morgan fingerprint density at radius 3 is 2.57 bits per heavy atom. The molecule has 7 nitrogen and oxygen atoms in total. The number of methoxy groups -OCH3 is 2. The molecule has 1 aliphatic rings. The third-order valence-electron chi connectivity index (χ3n) is 5.38. The molecule has 2 aromatic rings. The van der Waals surface area contributed by atoms with E-state index < -0.39 is 9.84 Å². The molecule has 0 amide bonds. The van der Waals surface area contributed by atoms with Gasteiger partial charge in [0.2, 0.25) is 0 Å². The normalized spacial score (nSPS) is 18.6. The zero-order valence-corrected chi connectivity index (χ0v) is 18.0. The van der Waals surface area contributed by atoms with Crippen molar-refractivity contribution in [1.82, 2.24) is 14.7 Å². The molecule has 1 aromatic heterocycles. The Morgan fingerprint density at radius 1 is 1.21 bits per heavy atom. The summed E-state index contributed by atoms with van der Waals surface area (Å²) in [6.45, 7) is 5.43. The smallest absolute Gasteiger partial charge is 0.152 e. The minimum absolute atomic E-state index is 0.0544. The summed E-state index contributed by atoms with van der Waals surface area (Å²) in [6, 6.07) is 5.73. The third-order valence-corrected chi connectivity index (χ3v) is 7.14. The van der Waals surface area contributed by atoms with Crippen LogP contribution < -0.4 is 9.47 Å². The molecule has 1 fully saturated rings. The van der Waals surface area contributed by atoms with Gasteiger partial charge in [0, 0.05) is 29.9 Å². The fraction of sp³-hybridized carbons (Fsp3) is 0.550. The molecular weight excluding hydrogens is 378 g/mol. The van der Waals surface area contributed by atoms with E-state index in [9.17, 15) is 8.42 Å². The number of aromatic nitrogens is 2. The highest BCUT2D eigenvalue weighted by Crippen LogP contribution is 2.29. The Hall–Kier alpha value is -2.06. The molecule has 1 saturated heterocycles. The van der Waals surface area contributed by atoms with Gasteiger partial charge in [-0.25, -0.2) is 8.42 Å². The van der Waals surface area contributed by atoms with Crippen LogP contribution in [0.25, 0.3) is 0 Å². The summed E-state index contributed by atoms with van der Waals surface area (Å²) in [7, 11) is 2.43. The molecule has 3 rings (SSSR count). The van der Waals surface area contributed by atoms with Gasteiger partial charge in [0.05, 0.1) is 37.5 Å². The lowest BCUT2D eigenvalue weighted by Gasteiger charge is -2.19. The van der Waals surface area contributed by atoms with Gasteiger partial charge in [-0.3, -0.25) is 9.58 Å². The van der Waals surface area contributed by atoms with Crippen molar-refractivity contribution in [2.45, 2.75) is 39.4 Å². The average Bonchev–Trinajstić information content (AvgIpc) is 3.15. The maximum atomic E-state index is 11.8. The van der Waals surface area contributed by atoms with Crippen molar-refractivity contribution in [2.24, 2.45) is 0 Å². The van der Waals surface area contributed by atoms with Gasteiger partial charge in [-0.1, -0.05) is 0 Å². The predicted octanol–water partition coefficient (Wildman–Crippen LogP) is 2.51. The molecule has 0 aliphatic carbocycles. The molecule has 28 heavy (non-hydrogen) atoms. The summed E-state index contributed by atoms with van der Waals surface area (Å²) in [6.07, 6.45) is 0.639. The molecule has 0 N–H and O–H groups in total. The van der Waals surface area contributed by atoms with Crippen LogP contribution in [-0.4, -0.2) is 55.9 Å². The number of rotatable bonds is 7. The quantitative estimate of drug-likeness (QED) is 0.702. The van der Waals surface area contributed by atoms with Gasteiger partial charge in [0.15, 0.2) is 9.84 Å². The summed E-state index contributed by atoms with van der Waals surface area (Å²) >= 11 is 0. The van der Waals surface area contributed by atoms with Crippen LogP contribution in [0.1, 0.15) is 35.0 Å². The highest BCUT2D eigenvalue weighted by molar-refractivity contribution is 7.91. The Kier molecular flexibility index (Phi) is 6.00. The number of sulfone groups is 1. The van der Waals surface area contributed by atoms with Crippen LogP contribution >= 0.6 is 0 Å². The topological polar surface area (TPSA) is 73.7 Å². The van der Waals surface area contributed by atoms with E-state index in [1.807, 2.05) is 36.7 Å². The Morgan fingerprint density at radius 2 is 1.96 bits per heavy atom. The Balaban J connectivity index is 1.77. The van der Waals surface area contributed by atoms with Crippen LogP contribution in [0, 0.1) is 13.8 Å². The number of ether oxygens (including phenoxy) is 2. The van der Waals surface area contributed by atoms with Gasteiger partial charge in [-0.05, 0) is 45.5 Å². The summed E-state index contributed by atoms with van der Waals surface area (Å²) in [5.74, 6) is 2.06. The first-order valence-corrected chi connectivity index (χ1v) is 11.2. The lowest BCUT2D eigenvalue weighted by Crippen LogP contribution is -2.19. The summed E-state index contributed by atoms with van der Waals surface area (Å²) in [4.78, 5) is 2.20. The van der Waals surface area contributed by atoms with E-state index in [0.717, 1.165) is 40.6 Å². The van der Waals surface area contributed by atoms with Gasteiger partial charge in [-0.15, -0.1) is 0 Å². The van der Waals surface area contributed by atoms with Gasteiger partial charge in [-0.2, -0.15) is 5.10 Å². The molecule has 8 heteroatoms. The summed E-state index contributed by atoms with van der Waals surface area (Å²) < 4.78 is 36.4. The van der Waals surface area contributed by atoms with Gasteiger partial charge < -0.3 is 9.47 Å². The van der Waals surface area contributed by atoms with Crippen molar-refractivity contribution >= 4 is 9.84 Å². The average molecular weight is 408 g/mol. The summed E-state index contributed by atoms with van der Waals surface area (Å²) in [5.41, 5.74) is 4.19. The maximum Gasteiger partial charge on any atom is 0.152 e. The lowest BCUT2D eigenvalue weighted by atomic mass is 10.1. The SMILES string of the molecule is COc1ccc(OC)c(CN(C)Cc2c(C)nn([C@@H]3CCS(=O)(=O)C3)c2C)c1. The first kappa shape index (κ1) is 20.7. The van der Waals surface area contributed by atoms with Gasteiger partial charge >= 0.3 is 0 Å². The number of nitrogens with zero attached hydrogens (tertiary/aromatic N) is 3.